The first-order valence-electron chi connectivity index (χ1n) is 3.37. The summed E-state index contributed by atoms with van der Waals surface area (Å²) in [5.41, 5.74) is 2.10. The van der Waals surface area contributed by atoms with E-state index in [0.29, 0.717) is 5.56 Å². The van der Waals surface area contributed by atoms with Crippen LogP contribution in [-0.2, 0) is 0 Å². The molecule has 64 valence electrons. The Balaban J connectivity index is 3.04. The summed E-state index contributed by atoms with van der Waals surface area (Å²) in [6, 6.07) is 7.09. The molecule has 0 spiro atoms. The molecule has 0 saturated carbocycles. The minimum absolute atomic E-state index is 0.472. The van der Waals surface area contributed by atoms with Crippen molar-refractivity contribution in [2.75, 3.05) is 6.26 Å². The van der Waals surface area contributed by atoms with E-state index in [2.05, 4.69) is 0 Å². The van der Waals surface area contributed by atoms with Gasteiger partial charge in [0.1, 0.15) is 0 Å². The Hall–Kier alpha value is -1.00. The molecule has 3 nitrogen and oxygen atoms in total. The van der Waals surface area contributed by atoms with E-state index in [9.17, 15) is 4.79 Å². The SMILES string of the molecule is CSc1ccccc1C(=O)NO. The number of thioether (sulfide) groups is 1. The third-order valence-corrected chi connectivity index (χ3v) is 2.25. The van der Waals surface area contributed by atoms with Crippen LogP contribution in [0.5, 0.6) is 0 Å². The van der Waals surface area contributed by atoms with E-state index in [1.165, 1.54) is 11.8 Å². The summed E-state index contributed by atoms with van der Waals surface area (Å²) in [5.74, 6) is -0.472. The molecule has 0 fully saturated rings. The highest BCUT2D eigenvalue weighted by molar-refractivity contribution is 7.98. The van der Waals surface area contributed by atoms with Crippen LogP contribution in [0.15, 0.2) is 29.2 Å². The van der Waals surface area contributed by atoms with E-state index in [1.807, 2.05) is 18.4 Å². The third kappa shape index (κ3) is 1.78. The van der Waals surface area contributed by atoms with Crippen LogP contribution in [-0.4, -0.2) is 17.4 Å². The van der Waals surface area contributed by atoms with Crippen LogP contribution in [0.4, 0.5) is 0 Å². The molecular formula is C8H9NO2S. The normalized spacial score (nSPS) is 9.50. The third-order valence-electron chi connectivity index (χ3n) is 1.45. The van der Waals surface area contributed by atoms with E-state index in [-0.39, 0.29) is 0 Å². The molecule has 4 heteroatoms. The second-order valence-corrected chi connectivity index (χ2v) is 2.99. The van der Waals surface area contributed by atoms with Crippen molar-refractivity contribution >= 4 is 17.7 Å². The molecule has 1 amide bonds. The zero-order valence-electron chi connectivity index (χ0n) is 6.57. The number of carbonyl (C=O) groups is 1. The van der Waals surface area contributed by atoms with E-state index < -0.39 is 5.91 Å². The molecule has 0 bridgehead atoms. The zero-order valence-corrected chi connectivity index (χ0v) is 7.39. The minimum Gasteiger partial charge on any atom is -0.288 e. The van der Waals surface area contributed by atoms with Crippen molar-refractivity contribution in [3.05, 3.63) is 29.8 Å². The van der Waals surface area contributed by atoms with Crippen LogP contribution in [0, 0.1) is 0 Å². The highest BCUT2D eigenvalue weighted by Crippen LogP contribution is 2.19. The summed E-state index contributed by atoms with van der Waals surface area (Å²) < 4.78 is 0. The van der Waals surface area contributed by atoms with Gasteiger partial charge in [0.15, 0.2) is 0 Å². The molecule has 0 unspecified atom stereocenters. The molecule has 2 N–H and O–H groups in total. The summed E-state index contributed by atoms with van der Waals surface area (Å²) in [4.78, 5) is 11.9. The van der Waals surface area contributed by atoms with Crippen molar-refractivity contribution in [1.82, 2.24) is 5.48 Å². The lowest BCUT2D eigenvalue weighted by Crippen LogP contribution is -2.19. The van der Waals surface area contributed by atoms with Gasteiger partial charge in [0.25, 0.3) is 5.91 Å². The molecule has 12 heavy (non-hydrogen) atoms. The van der Waals surface area contributed by atoms with Crippen molar-refractivity contribution in [1.29, 1.82) is 0 Å². The first-order valence-corrected chi connectivity index (χ1v) is 4.59. The van der Waals surface area contributed by atoms with Crippen LogP contribution in [0.1, 0.15) is 10.4 Å². The van der Waals surface area contributed by atoms with Gasteiger partial charge in [0.05, 0.1) is 5.56 Å². The monoisotopic (exact) mass is 183 g/mol. The molecule has 0 aliphatic heterocycles. The van der Waals surface area contributed by atoms with Gasteiger partial charge in [-0.05, 0) is 18.4 Å². The van der Waals surface area contributed by atoms with Crippen LogP contribution in [0.25, 0.3) is 0 Å². The standard InChI is InChI=1S/C8H9NO2S/c1-12-7-5-3-2-4-6(7)8(10)9-11/h2-5,11H,1H3,(H,9,10). The number of amides is 1. The lowest BCUT2D eigenvalue weighted by atomic mass is 10.2. The smallest absolute Gasteiger partial charge is 0.275 e. The van der Waals surface area contributed by atoms with Crippen LogP contribution < -0.4 is 5.48 Å². The first-order chi connectivity index (χ1) is 5.79. The summed E-state index contributed by atoms with van der Waals surface area (Å²) in [5, 5.41) is 8.40. The molecular weight excluding hydrogens is 174 g/mol. The molecule has 0 saturated heterocycles. The second kappa shape index (κ2) is 4.13. The molecule has 1 aromatic carbocycles. The van der Waals surface area contributed by atoms with E-state index in [0.717, 1.165) is 4.90 Å². The molecule has 0 aliphatic carbocycles. The van der Waals surface area contributed by atoms with Crippen molar-refractivity contribution in [3.63, 3.8) is 0 Å². The molecule has 1 aromatic rings. The Bertz CT molecular complexity index is 288. The number of rotatable bonds is 2. The molecule has 0 heterocycles. The lowest BCUT2D eigenvalue weighted by Gasteiger charge is -2.03. The van der Waals surface area contributed by atoms with E-state index in [1.54, 1.807) is 17.6 Å². The van der Waals surface area contributed by atoms with Gasteiger partial charge in [-0.3, -0.25) is 10.0 Å². The summed E-state index contributed by atoms with van der Waals surface area (Å²) in [6.45, 7) is 0. The summed E-state index contributed by atoms with van der Waals surface area (Å²) in [6.07, 6.45) is 1.88. The lowest BCUT2D eigenvalue weighted by molar-refractivity contribution is 0.0703. The maximum atomic E-state index is 11.0. The van der Waals surface area contributed by atoms with Crippen LogP contribution in [0.3, 0.4) is 0 Å². The van der Waals surface area contributed by atoms with Gasteiger partial charge in [0, 0.05) is 4.90 Å². The van der Waals surface area contributed by atoms with Crippen molar-refractivity contribution in [3.8, 4) is 0 Å². The van der Waals surface area contributed by atoms with Crippen LogP contribution in [0.2, 0.25) is 0 Å². The van der Waals surface area contributed by atoms with Gasteiger partial charge >= 0.3 is 0 Å². The fourth-order valence-electron chi connectivity index (χ4n) is 0.892. The molecule has 0 aromatic heterocycles. The fourth-order valence-corrected chi connectivity index (χ4v) is 1.49. The Labute approximate surface area is 74.7 Å². The highest BCUT2D eigenvalue weighted by atomic mass is 32.2. The zero-order chi connectivity index (χ0) is 8.97. The van der Waals surface area contributed by atoms with Gasteiger partial charge < -0.3 is 0 Å². The minimum atomic E-state index is -0.472. The maximum absolute atomic E-state index is 11.0. The van der Waals surface area contributed by atoms with E-state index in [4.69, 9.17) is 5.21 Å². The van der Waals surface area contributed by atoms with Gasteiger partial charge in [-0.2, -0.15) is 0 Å². The molecule has 0 aliphatic rings. The van der Waals surface area contributed by atoms with E-state index >= 15 is 0 Å². The Morgan fingerprint density at radius 2 is 2.17 bits per heavy atom. The predicted molar refractivity (Wildman–Crippen MR) is 47.5 cm³/mol. The average Bonchev–Trinajstić information content (AvgIpc) is 2.16. The first kappa shape index (κ1) is 9.09. The maximum Gasteiger partial charge on any atom is 0.275 e. The summed E-state index contributed by atoms with van der Waals surface area (Å²) in [7, 11) is 0. The number of hydrogen-bond donors (Lipinski definition) is 2. The number of nitrogens with one attached hydrogen (secondary N) is 1. The van der Waals surface area contributed by atoms with Crippen molar-refractivity contribution in [2.45, 2.75) is 4.90 Å². The van der Waals surface area contributed by atoms with Gasteiger partial charge in [-0.15, -0.1) is 11.8 Å². The Morgan fingerprint density at radius 3 is 2.75 bits per heavy atom. The predicted octanol–water partition coefficient (Wildman–Crippen LogP) is 1.53. The van der Waals surface area contributed by atoms with Crippen LogP contribution >= 0.6 is 11.8 Å². The highest BCUT2D eigenvalue weighted by Gasteiger charge is 2.07. The second-order valence-electron chi connectivity index (χ2n) is 2.14. The number of benzene rings is 1. The fraction of sp³-hybridized carbons (Fsp3) is 0.125. The number of hydroxylamine groups is 1. The van der Waals surface area contributed by atoms with Gasteiger partial charge in [0.2, 0.25) is 0 Å². The molecule has 0 radical (unpaired) electrons. The molecule has 0 atom stereocenters. The summed E-state index contributed by atoms with van der Waals surface area (Å²) >= 11 is 1.47. The Kier molecular flexibility index (Phi) is 3.13. The molecule has 1 rings (SSSR count). The number of hydrogen-bond acceptors (Lipinski definition) is 3. The number of carbonyl (C=O) groups excluding carboxylic acids is 1. The van der Waals surface area contributed by atoms with Crippen molar-refractivity contribution in [2.24, 2.45) is 0 Å². The largest absolute Gasteiger partial charge is 0.288 e. The Morgan fingerprint density at radius 1 is 1.50 bits per heavy atom. The van der Waals surface area contributed by atoms with Gasteiger partial charge in [-0.25, -0.2) is 5.48 Å². The quantitative estimate of drug-likeness (QED) is 0.415. The average molecular weight is 183 g/mol. The van der Waals surface area contributed by atoms with Gasteiger partial charge in [-0.1, -0.05) is 12.1 Å². The topological polar surface area (TPSA) is 49.3 Å². The van der Waals surface area contributed by atoms with Crippen molar-refractivity contribution < 1.29 is 10.0 Å².